The van der Waals surface area contributed by atoms with Gasteiger partial charge in [0.15, 0.2) is 0 Å². The van der Waals surface area contributed by atoms with E-state index in [1.807, 2.05) is 85.8 Å². The van der Waals surface area contributed by atoms with Crippen LogP contribution in [-0.2, 0) is 11.3 Å². The summed E-state index contributed by atoms with van der Waals surface area (Å²) in [5.74, 6) is 0.213. The zero-order chi connectivity index (χ0) is 28.4. The molecule has 0 bridgehead atoms. The number of amides is 2. The minimum Gasteiger partial charge on any atom is -0.350 e. The Labute approximate surface area is 243 Å². The smallest absolute Gasteiger partial charge is 0.251 e. The molecule has 5 nitrogen and oxygen atoms in total. The Balaban J connectivity index is 1.14. The maximum atomic E-state index is 13.2. The number of benzene rings is 4. The number of rotatable bonds is 13. The van der Waals surface area contributed by atoms with Gasteiger partial charge in [0.2, 0.25) is 5.91 Å². The molecule has 5 rings (SSSR count). The lowest BCUT2D eigenvalue weighted by atomic mass is 10.0. The molecule has 1 aliphatic rings. The zero-order valence-electron chi connectivity index (χ0n) is 23.7. The van der Waals surface area contributed by atoms with Crippen LogP contribution in [-0.4, -0.2) is 30.4 Å². The SMILES string of the molecule is Cc1ccc(CNC(=O)[C@H](CCCCN[C@@H]2C[C@H]2c2ccccc2)NC(=O)c2ccc(-c3ccccc3)cc2)cc1. The molecule has 4 aromatic carbocycles. The van der Waals surface area contributed by atoms with Crippen molar-refractivity contribution in [1.29, 1.82) is 0 Å². The highest BCUT2D eigenvalue weighted by atomic mass is 16.2. The Morgan fingerprint density at radius 3 is 2.15 bits per heavy atom. The van der Waals surface area contributed by atoms with Gasteiger partial charge in [-0.15, -0.1) is 0 Å². The second-order valence-corrected chi connectivity index (χ2v) is 11.0. The maximum Gasteiger partial charge on any atom is 0.251 e. The van der Waals surface area contributed by atoms with Crippen LogP contribution in [0.4, 0.5) is 0 Å². The summed E-state index contributed by atoms with van der Waals surface area (Å²) in [5, 5.41) is 9.69. The molecule has 0 saturated heterocycles. The molecule has 0 aliphatic heterocycles. The third kappa shape index (κ3) is 8.15. The minimum atomic E-state index is -0.597. The molecular weight excluding hydrogens is 506 g/mol. The van der Waals surface area contributed by atoms with E-state index in [0.29, 0.717) is 30.5 Å². The molecule has 0 spiro atoms. The van der Waals surface area contributed by atoms with Gasteiger partial charge in [-0.05, 0) is 73.5 Å². The Kier molecular flexibility index (Phi) is 9.61. The third-order valence-electron chi connectivity index (χ3n) is 7.81. The van der Waals surface area contributed by atoms with Crippen LogP contribution in [0.5, 0.6) is 0 Å². The minimum absolute atomic E-state index is 0.154. The normalized spacial score (nSPS) is 16.5. The topological polar surface area (TPSA) is 70.2 Å². The summed E-state index contributed by atoms with van der Waals surface area (Å²) < 4.78 is 0. The van der Waals surface area contributed by atoms with E-state index in [2.05, 4.69) is 46.3 Å². The van der Waals surface area contributed by atoms with Gasteiger partial charge in [-0.2, -0.15) is 0 Å². The summed E-state index contributed by atoms with van der Waals surface area (Å²) in [6.45, 7) is 3.38. The molecule has 0 heterocycles. The first kappa shape index (κ1) is 28.3. The Bertz CT molecular complexity index is 1400. The molecule has 1 fully saturated rings. The van der Waals surface area contributed by atoms with Crippen molar-refractivity contribution in [2.75, 3.05) is 6.54 Å². The lowest BCUT2D eigenvalue weighted by Crippen LogP contribution is -2.46. The molecule has 0 unspecified atom stereocenters. The molecule has 4 aromatic rings. The second-order valence-electron chi connectivity index (χ2n) is 11.0. The molecule has 1 saturated carbocycles. The van der Waals surface area contributed by atoms with Crippen LogP contribution in [0.25, 0.3) is 11.1 Å². The molecule has 2 amide bonds. The number of aryl methyl sites for hydroxylation is 1. The van der Waals surface area contributed by atoms with E-state index >= 15 is 0 Å². The number of hydrogen-bond acceptors (Lipinski definition) is 3. The Morgan fingerprint density at radius 2 is 1.44 bits per heavy atom. The van der Waals surface area contributed by atoms with Crippen LogP contribution in [0.3, 0.4) is 0 Å². The Morgan fingerprint density at radius 1 is 0.780 bits per heavy atom. The molecule has 210 valence electrons. The molecule has 41 heavy (non-hydrogen) atoms. The van der Waals surface area contributed by atoms with Crippen molar-refractivity contribution < 1.29 is 9.59 Å². The van der Waals surface area contributed by atoms with E-state index in [4.69, 9.17) is 0 Å². The monoisotopic (exact) mass is 545 g/mol. The maximum absolute atomic E-state index is 13.2. The number of nitrogens with one attached hydrogen (secondary N) is 3. The van der Waals surface area contributed by atoms with Crippen molar-refractivity contribution >= 4 is 11.8 Å². The van der Waals surface area contributed by atoms with Crippen molar-refractivity contribution in [2.24, 2.45) is 0 Å². The first-order chi connectivity index (χ1) is 20.1. The van der Waals surface area contributed by atoms with Gasteiger partial charge in [-0.25, -0.2) is 0 Å². The highest BCUT2D eigenvalue weighted by Crippen LogP contribution is 2.40. The lowest BCUT2D eigenvalue weighted by Gasteiger charge is -2.19. The van der Waals surface area contributed by atoms with Crippen LogP contribution in [0.2, 0.25) is 0 Å². The number of unbranched alkanes of at least 4 members (excludes halogenated alkanes) is 1. The van der Waals surface area contributed by atoms with Gasteiger partial charge >= 0.3 is 0 Å². The van der Waals surface area contributed by atoms with Crippen LogP contribution in [0.15, 0.2) is 109 Å². The van der Waals surface area contributed by atoms with Gasteiger partial charge in [-0.1, -0.05) is 103 Å². The fourth-order valence-electron chi connectivity index (χ4n) is 5.22. The average Bonchev–Trinajstić information content (AvgIpc) is 3.80. The van der Waals surface area contributed by atoms with Gasteiger partial charge in [-0.3, -0.25) is 9.59 Å². The van der Waals surface area contributed by atoms with Crippen molar-refractivity contribution in [3.05, 3.63) is 131 Å². The van der Waals surface area contributed by atoms with E-state index in [9.17, 15) is 9.59 Å². The van der Waals surface area contributed by atoms with Crippen molar-refractivity contribution in [2.45, 2.75) is 57.2 Å². The predicted octanol–water partition coefficient (Wildman–Crippen LogP) is 6.39. The first-order valence-electron chi connectivity index (χ1n) is 14.6. The second kappa shape index (κ2) is 13.9. The van der Waals surface area contributed by atoms with Gasteiger partial charge in [0.05, 0.1) is 0 Å². The zero-order valence-corrected chi connectivity index (χ0v) is 23.7. The van der Waals surface area contributed by atoms with Crippen LogP contribution < -0.4 is 16.0 Å². The quantitative estimate of drug-likeness (QED) is 0.171. The predicted molar refractivity (Wildman–Crippen MR) is 166 cm³/mol. The highest BCUT2D eigenvalue weighted by Gasteiger charge is 2.37. The summed E-state index contributed by atoms with van der Waals surface area (Å²) >= 11 is 0. The van der Waals surface area contributed by atoms with Crippen LogP contribution in [0.1, 0.15) is 58.6 Å². The number of carbonyl (C=O) groups is 2. The molecule has 0 radical (unpaired) electrons. The largest absolute Gasteiger partial charge is 0.350 e. The van der Waals surface area contributed by atoms with Crippen molar-refractivity contribution in [1.82, 2.24) is 16.0 Å². The summed E-state index contributed by atoms with van der Waals surface area (Å²) in [7, 11) is 0. The molecular formula is C36H39N3O2. The van der Waals surface area contributed by atoms with E-state index in [1.54, 1.807) is 0 Å². The standard InChI is InChI=1S/C36H39N3O2/c1-26-15-17-27(18-16-26)25-38-36(41)33(14-8-9-23-37-34-24-32(34)30-12-6-3-7-13-30)39-35(40)31-21-19-29(20-22-31)28-10-4-2-5-11-28/h2-7,10-13,15-22,32-34,37H,8-9,14,23-25H2,1H3,(H,38,41)(H,39,40)/t32-,33-,34+/m0/s1. The highest BCUT2D eigenvalue weighted by molar-refractivity contribution is 5.97. The van der Waals surface area contributed by atoms with Crippen molar-refractivity contribution in [3.63, 3.8) is 0 Å². The van der Waals surface area contributed by atoms with E-state index in [0.717, 1.165) is 36.1 Å². The molecule has 3 atom stereocenters. The fraction of sp³-hybridized carbons (Fsp3) is 0.278. The summed E-state index contributed by atoms with van der Waals surface area (Å²) in [6.07, 6.45) is 3.54. The van der Waals surface area contributed by atoms with E-state index in [-0.39, 0.29) is 11.8 Å². The van der Waals surface area contributed by atoms with Gasteiger partial charge < -0.3 is 16.0 Å². The van der Waals surface area contributed by atoms with Gasteiger partial charge in [0.25, 0.3) is 5.91 Å². The first-order valence-corrected chi connectivity index (χ1v) is 14.6. The third-order valence-corrected chi connectivity index (χ3v) is 7.81. The number of carbonyl (C=O) groups excluding carboxylic acids is 2. The van der Waals surface area contributed by atoms with Crippen LogP contribution in [0, 0.1) is 6.92 Å². The average molecular weight is 546 g/mol. The van der Waals surface area contributed by atoms with E-state index in [1.165, 1.54) is 17.5 Å². The molecule has 3 N–H and O–H groups in total. The molecule has 5 heteroatoms. The van der Waals surface area contributed by atoms with Gasteiger partial charge in [0.1, 0.15) is 6.04 Å². The van der Waals surface area contributed by atoms with Gasteiger partial charge in [0, 0.05) is 24.1 Å². The summed E-state index contributed by atoms with van der Waals surface area (Å²) in [6, 6.07) is 36.3. The number of hydrogen-bond donors (Lipinski definition) is 3. The van der Waals surface area contributed by atoms with Crippen LogP contribution >= 0.6 is 0 Å². The molecule has 0 aromatic heterocycles. The summed E-state index contributed by atoms with van der Waals surface area (Å²) in [5.41, 5.74) is 6.30. The summed E-state index contributed by atoms with van der Waals surface area (Å²) in [4.78, 5) is 26.4. The van der Waals surface area contributed by atoms with E-state index < -0.39 is 6.04 Å². The molecule has 1 aliphatic carbocycles. The van der Waals surface area contributed by atoms with Crippen molar-refractivity contribution in [3.8, 4) is 11.1 Å². The Hall–Kier alpha value is -4.22. The lowest BCUT2D eigenvalue weighted by molar-refractivity contribution is -0.123. The fourth-order valence-corrected chi connectivity index (χ4v) is 5.22.